The van der Waals surface area contributed by atoms with Gasteiger partial charge in [0.05, 0.1) is 13.2 Å². The van der Waals surface area contributed by atoms with E-state index in [1.807, 2.05) is 0 Å². The van der Waals surface area contributed by atoms with Gasteiger partial charge in [-0.05, 0) is 38.5 Å². The number of hydrogen-bond donors (Lipinski definition) is 2. The molecule has 1 aromatic rings. The van der Waals surface area contributed by atoms with E-state index in [1.165, 1.54) is 12.1 Å². The zero-order chi connectivity index (χ0) is 28.4. The van der Waals surface area contributed by atoms with Crippen LogP contribution in [0.25, 0.3) is 0 Å². The number of halogens is 7. The van der Waals surface area contributed by atoms with Crippen molar-refractivity contribution < 1.29 is 59.6 Å². The molecular weight excluding hydrogens is 521 g/mol. The standard InChI is InChI=1S/C22H29F7N2O6/c1-4-35-17(18(32)33)13-15-5-7-16(8-6-15)36-11-9-31(19(34)30-14(2)3)10-12-37-22(28,29)20(23,24)21(25,26)27/h5-8,14,17H,4,9-13H2,1-3H3,(H,30,34)(H,32,33). The van der Waals surface area contributed by atoms with E-state index in [1.54, 1.807) is 32.9 Å². The van der Waals surface area contributed by atoms with E-state index in [0.717, 1.165) is 4.90 Å². The minimum absolute atomic E-state index is 0.102. The van der Waals surface area contributed by atoms with Gasteiger partial charge in [0.1, 0.15) is 12.4 Å². The summed E-state index contributed by atoms with van der Waals surface area (Å²) in [6.07, 6.45) is -13.3. The molecule has 212 valence electrons. The molecule has 0 heterocycles. The van der Waals surface area contributed by atoms with Crippen LogP contribution in [0.5, 0.6) is 5.75 Å². The molecule has 8 nitrogen and oxygen atoms in total. The van der Waals surface area contributed by atoms with Crippen LogP contribution in [0.1, 0.15) is 26.3 Å². The highest BCUT2D eigenvalue weighted by Gasteiger charge is 2.74. The average molecular weight is 550 g/mol. The molecule has 0 radical (unpaired) electrons. The summed E-state index contributed by atoms with van der Waals surface area (Å²) >= 11 is 0. The van der Waals surface area contributed by atoms with Gasteiger partial charge in [0.25, 0.3) is 0 Å². The zero-order valence-corrected chi connectivity index (χ0v) is 20.3. The molecule has 1 unspecified atom stereocenters. The summed E-state index contributed by atoms with van der Waals surface area (Å²) < 4.78 is 104. The second-order valence-corrected chi connectivity index (χ2v) is 8.01. The molecule has 2 amide bonds. The molecule has 0 aromatic heterocycles. The van der Waals surface area contributed by atoms with Crippen molar-refractivity contribution in [2.24, 2.45) is 0 Å². The Morgan fingerprint density at radius 2 is 1.57 bits per heavy atom. The molecule has 1 atom stereocenters. The first-order chi connectivity index (χ1) is 17.0. The molecule has 0 saturated carbocycles. The second kappa shape index (κ2) is 13.7. The number of hydrogen-bond acceptors (Lipinski definition) is 5. The Kier molecular flexibility index (Phi) is 11.9. The van der Waals surface area contributed by atoms with Gasteiger partial charge in [-0.15, -0.1) is 0 Å². The number of amides is 2. The zero-order valence-electron chi connectivity index (χ0n) is 20.3. The molecule has 0 aliphatic rings. The number of nitrogens with zero attached hydrogens (tertiary/aromatic N) is 1. The summed E-state index contributed by atoms with van der Waals surface area (Å²) in [6.45, 7) is 2.54. The van der Waals surface area contributed by atoms with Crippen LogP contribution in [0.2, 0.25) is 0 Å². The SMILES string of the molecule is CCOC(Cc1ccc(OCCN(CCOC(F)(F)C(F)(F)C(F)(F)F)C(=O)NC(C)C)cc1)C(=O)O. The lowest BCUT2D eigenvalue weighted by atomic mass is 10.1. The molecule has 1 aromatic carbocycles. The Hall–Kier alpha value is -2.81. The largest absolute Gasteiger partial charge is 0.492 e. The molecule has 0 saturated heterocycles. The number of carboxylic acid groups (broad SMARTS) is 1. The number of rotatable bonds is 15. The van der Waals surface area contributed by atoms with Gasteiger partial charge in [0, 0.05) is 25.6 Å². The van der Waals surface area contributed by atoms with E-state index in [4.69, 9.17) is 14.6 Å². The van der Waals surface area contributed by atoms with Gasteiger partial charge >= 0.3 is 30.2 Å². The lowest BCUT2D eigenvalue weighted by molar-refractivity contribution is -0.423. The van der Waals surface area contributed by atoms with Gasteiger partial charge < -0.3 is 29.5 Å². The Labute approximate surface area is 208 Å². The van der Waals surface area contributed by atoms with Crippen molar-refractivity contribution in [1.82, 2.24) is 10.2 Å². The number of carboxylic acids is 1. The fraction of sp³-hybridized carbons (Fsp3) is 0.636. The van der Waals surface area contributed by atoms with E-state index in [9.17, 15) is 40.3 Å². The highest BCUT2D eigenvalue weighted by molar-refractivity contribution is 5.74. The number of carbonyl (C=O) groups excluding carboxylic acids is 1. The van der Waals surface area contributed by atoms with Gasteiger partial charge in [-0.2, -0.15) is 30.7 Å². The second-order valence-electron chi connectivity index (χ2n) is 8.01. The van der Waals surface area contributed by atoms with Crippen LogP contribution in [-0.2, 0) is 20.7 Å². The van der Waals surface area contributed by atoms with Crippen molar-refractivity contribution in [2.45, 2.75) is 57.5 Å². The van der Waals surface area contributed by atoms with Gasteiger partial charge in [-0.25, -0.2) is 9.59 Å². The lowest BCUT2D eigenvalue weighted by Crippen LogP contribution is -2.54. The first kappa shape index (κ1) is 32.2. The molecular formula is C22H29F7N2O6. The Balaban J connectivity index is 2.73. The van der Waals surface area contributed by atoms with Crippen LogP contribution >= 0.6 is 0 Å². The van der Waals surface area contributed by atoms with Crippen molar-refractivity contribution in [2.75, 3.05) is 32.9 Å². The van der Waals surface area contributed by atoms with Crippen LogP contribution in [0, 0.1) is 0 Å². The van der Waals surface area contributed by atoms with Crippen LogP contribution < -0.4 is 10.1 Å². The average Bonchev–Trinajstić information content (AvgIpc) is 2.77. The number of alkyl halides is 7. The number of ether oxygens (including phenoxy) is 3. The number of carbonyl (C=O) groups is 2. The predicted molar refractivity (Wildman–Crippen MR) is 116 cm³/mol. The molecule has 2 N–H and O–H groups in total. The highest BCUT2D eigenvalue weighted by Crippen LogP contribution is 2.46. The van der Waals surface area contributed by atoms with Crippen LogP contribution in [0.3, 0.4) is 0 Å². The molecule has 0 bridgehead atoms. The van der Waals surface area contributed by atoms with Gasteiger partial charge in [0.15, 0.2) is 6.10 Å². The van der Waals surface area contributed by atoms with E-state index in [2.05, 4.69) is 10.1 Å². The van der Waals surface area contributed by atoms with Crippen molar-refractivity contribution in [3.8, 4) is 5.75 Å². The van der Waals surface area contributed by atoms with E-state index in [0.29, 0.717) is 11.3 Å². The van der Waals surface area contributed by atoms with E-state index in [-0.39, 0.29) is 26.2 Å². The Morgan fingerprint density at radius 3 is 2.05 bits per heavy atom. The topological polar surface area (TPSA) is 97.3 Å². The monoisotopic (exact) mass is 550 g/mol. The Bertz CT molecular complexity index is 866. The maximum atomic E-state index is 13.4. The summed E-state index contributed by atoms with van der Waals surface area (Å²) in [5, 5.41) is 11.6. The highest BCUT2D eigenvalue weighted by atomic mass is 19.4. The van der Waals surface area contributed by atoms with Crippen LogP contribution in [0.15, 0.2) is 24.3 Å². The maximum absolute atomic E-state index is 13.4. The van der Waals surface area contributed by atoms with Crippen molar-refractivity contribution in [3.05, 3.63) is 29.8 Å². The molecule has 37 heavy (non-hydrogen) atoms. The van der Waals surface area contributed by atoms with Gasteiger partial charge in [-0.1, -0.05) is 12.1 Å². The molecule has 0 spiro atoms. The summed E-state index contributed by atoms with van der Waals surface area (Å²) in [7, 11) is 0. The van der Waals surface area contributed by atoms with Crippen LogP contribution in [-0.4, -0.2) is 85.3 Å². The first-order valence-corrected chi connectivity index (χ1v) is 11.1. The first-order valence-electron chi connectivity index (χ1n) is 11.1. The van der Waals surface area contributed by atoms with E-state index >= 15 is 0 Å². The third kappa shape index (κ3) is 9.87. The lowest BCUT2D eigenvalue weighted by Gasteiger charge is -2.29. The minimum atomic E-state index is -6.54. The summed E-state index contributed by atoms with van der Waals surface area (Å²) in [6, 6.07) is 5.00. The number of urea groups is 1. The van der Waals surface area contributed by atoms with Crippen LogP contribution in [0.4, 0.5) is 35.5 Å². The Morgan fingerprint density at radius 1 is 1.00 bits per heavy atom. The normalized spacial score (nSPS) is 13.4. The molecule has 15 heteroatoms. The maximum Gasteiger partial charge on any atom is 0.462 e. The number of benzene rings is 1. The molecule has 1 rings (SSSR count). The van der Waals surface area contributed by atoms with Crippen molar-refractivity contribution in [1.29, 1.82) is 0 Å². The number of nitrogens with one attached hydrogen (secondary N) is 1. The predicted octanol–water partition coefficient (Wildman–Crippen LogP) is 4.32. The van der Waals surface area contributed by atoms with E-state index < -0.39 is 55.5 Å². The molecule has 0 aliphatic heterocycles. The molecule has 0 aliphatic carbocycles. The van der Waals surface area contributed by atoms with Gasteiger partial charge in [-0.3, -0.25) is 0 Å². The molecule has 0 fully saturated rings. The van der Waals surface area contributed by atoms with Crippen molar-refractivity contribution in [3.63, 3.8) is 0 Å². The number of aliphatic carboxylic acids is 1. The van der Waals surface area contributed by atoms with Crippen molar-refractivity contribution >= 4 is 12.0 Å². The third-order valence-corrected chi connectivity index (χ3v) is 4.68. The minimum Gasteiger partial charge on any atom is -0.492 e. The quantitative estimate of drug-likeness (QED) is 0.316. The third-order valence-electron chi connectivity index (χ3n) is 4.68. The fourth-order valence-electron chi connectivity index (χ4n) is 2.82. The smallest absolute Gasteiger partial charge is 0.462 e. The fourth-order valence-corrected chi connectivity index (χ4v) is 2.82. The summed E-state index contributed by atoms with van der Waals surface area (Å²) in [5.41, 5.74) is 0.639. The van der Waals surface area contributed by atoms with Gasteiger partial charge in [0.2, 0.25) is 0 Å². The summed E-state index contributed by atoms with van der Waals surface area (Å²) in [5.74, 6) is -7.23. The summed E-state index contributed by atoms with van der Waals surface area (Å²) in [4.78, 5) is 24.3.